The Morgan fingerprint density at radius 2 is 2.11 bits per heavy atom. The lowest BCUT2D eigenvalue weighted by Gasteiger charge is -1.97. The number of hydrogen-bond donors (Lipinski definition) is 2. The molecule has 0 atom stereocenters. The second kappa shape index (κ2) is 5.95. The summed E-state index contributed by atoms with van der Waals surface area (Å²) in [6.07, 6.45) is 0.804. The first-order valence-corrected chi connectivity index (χ1v) is 6.15. The van der Waals surface area contributed by atoms with E-state index in [1.54, 1.807) is 6.07 Å². The van der Waals surface area contributed by atoms with Crippen molar-refractivity contribution in [3.05, 3.63) is 42.1 Å². The molecule has 0 aliphatic heterocycles. The van der Waals surface area contributed by atoms with Gasteiger partial charge in [-0.25, -0.2) is 5.43 Å². The number of carbonyl (C=O) groups is 1. The Balaban J connectivity index is 2.11. The topological polar surface area (TPSA) is 70.1 Å². The highest BCUT2D eigenvalue weighted by molar-refractivity contribution is 5.94. The molecule has 5 heteroatoms. The summed E-state index contributed by atoms with van der Waals surface area (Å²) in [4.78, 5) is 11.8. The Morgan fingerprint density at radius 1 is 1.37 bits per heavy atom. The van der Waals surface area contributed by atoms with E-state index in [1.165, 1.54) is 0 Å². The number of H-pyrrole nitrogens is 1. The summed E-state index contributed by atoms with van der Waals surface area (Å²) in [5.41, 5.74) is 5.46. The number of nitrogens with one attached hydrogen (secondary N) is 2. The van der Waals surface area contributed by atoms with E-state index in [0.717, 1.165) is 23.4 Å². The largest absolute Gasteiger partial charge is 0.289 e. The zero-order valence-electron chi connectivity index (χ0n) is 11.0. The lowest BCUT2D eigenvalue weighted by Crippen LogP contribution is -2.19. The third kappa shape index (κ3) is 3.28. The SMILES string of the molecule is CC/C(C)=N/NC(=O)c1cc(-c2ccccc2)n[nH]1. The molecule has 1 aromatic heterocycles. The zero-order valence-corrected chi connectivity index (χ0v) is 11.0. The van der Waals surface area contributed by atoms with Gasteiger partial charge in [0.15, 0.2) is 0 Å². The first kappa shape index (κ1) is 13.0. The van der Waals surface area contributed by atoms with Crippen LogP contribution in [0.4, 0.5) is 0 Å². The second-order valence-electron chi connectivity index (χ2n) is 4.17. The highest BCUT2D eigenvalue weighted by Gasteiger charge is 2.10. The van der Waals surface area contributed by atoms with E-state index in [2.05, 4.69) is 20.7 Å². The normalized spacial score (nSPS) is 11.4. The van der Waals surface area contributed by atoms with E-state index < -0.39 is 0 Å². The monoisotopic (exact) mass is 256 g/mol. The number of rotatable bonds is 4. The van der Waals surface area contributed by atoms with Crippen LogP contribution < -0.4 is 5.43 Å². The van der Waals surface area contributed by atoms with E-state index in [9.17, 15) is 4.79 Å². The molecular weight excluding hydrogens is 240 g/mol. The minimum Gasteiger partial charge on any atom is -0.272 e. The Kier molecular flexibility index (Phi) is 4.07. The van der Waals surface area contributed by atoms with Crippen molar-refractivity contribution in [2.75, 3.05) is 0 Å². The molecule has 5 nitrogen and oxygen atoms in total. The zero-order chi connectivity index (χ0) is 13.7. The van der Waals surface area contributed by atoms with Crippen LogP contribution in [0.15, 0.2) is 41.5 Å². The van der Waals surface area contributed by atoms with Crippen LogP contribution in [0.1, 0.15) is 30.8 Å². The first-order valence-electron chi connectivity index (χ1n) is 6.15. The van der Waals surface area contributed by atoms with Crippen LogP contribution in [0.2, 0.25) is 0 Å². The number of hydrogen-bond acceptors (Lipinski definition) is 3. The van der Waals surface area contributed by atoms with Crippen LogP contribution in [0, 0.1) is 0 Å². The summed E-state index contributed by atoms with van der Waals surface area (Å²) < 4.78 is 0. The Labute approximate surface area is 111 Å². The standard InChI is InChI=1S/C14H16N4O/c1-3-10(2)15-18-14(19)13-9-12(16-17-13)11-7-5-4-6-8-11/h4-9H,3H2,1-2H3,(H,16,17)(H,18,19)/b15-10+. The first-order chi connectivity index (χ1) is 9.20. The molecule has 98 valence electrons. The molecule has 1 aromatic carbocycles. The maximum absolute atomic E-state index is 11.8. The van der Waals surface area contributed by atoms with Crippen molar-refractivity contribution in [3.8, 4) is 11.3 Å². The summed E-state index contributed by atoms with van der Waals surface area (Å²) in [5, 5.41) is 10.8. The van der Waals surface area contributed by atoms with Crippen LogP contribution >= 0.6 is 0 Å². The van der Waals surface area contributed by atoms with Gasteiger partial charge in [0, 0.05) is 11.3 Å². The molecule has 2 rings (SSSR count). The predicted octanol–water partition coefficient (Wildman–Crippen LogP) is 2.59. The van der Waals surface area contributed by atoms with Gasteiger partial charge in [0.2, 0.25) is 0 Å². The van der Waals surface area contributed by atoms with Gasteiger partial charge in [0.05, 0.1) is 5.69 Å². The summed E-state index contributed by atoms with van der Waals surface area (Å²) in [6.45, 7) is 3.84. The van der Waals surface area contributed by atoms with Crippen LogP contribution in [-0.2, 0) is 0 Å². The number of benzene rings is 1. The molecule has 0 aliphatic carbocycles. The summed E-state index contributed by atoms with van der Waals surface area (Å²) in [5.74, 6) is -0.289. The van der Waals surface area contributed by atoms with Gasteiger partial charge in [-0.15, -0.1) is 0 Å². The van der Waals surface area contributed by atoms with Gasteiger partial charge in [-0.3, -0.25) is 9.89 Å². The van der Waals surface area contributed by atoms with Crippen molar-refractivity contribution in [1.29, 1.82) is 0 Å². The molecule has 0 radical (unpaired) electrons. The smallest absolute Gasteiger partial charge is 0.272 e. The van der Waals surface area contributed by atoms with Crippen molar-refractivity contribution < 1.29 is 4.79 Å². The van der Waals surface area contributed by atoms with E-state index in [4.69, 9.17) is 0 Å². The minimum atomic E-state index is -0.289. The third-order valence-electron chi connectivity index (χ3n) is 2.75. The van der Waals surface area contributed by atoms with E-state index in [1.807, 2.05) is 44.2 Å². The second-order valence-corrected chi connectivity index (χ2v) is 4.17. The van der Waals surface area contributed by atoms with E-state index in [0.29, 0.717) is 5.69 Å². The number of aromatic nitrogens is 2. The molecule has 1 heterocycles. The Morgan fingerprint density at radius 3 is 2.79 bits per heavy atom. The fourth-order valence-corrected chi connectivity index (χ4v) is 1.48. The molecule has 1 amide bonds. The van der Waals surface area contributed by atoms with Gasteiger partial charge in [0.25, 0.3) is 5.91 Å². The Hall–Kier alpha value is -2.43. The maximum atomic E-state index is 11.8. The quantitative estimate of drug-likeness (QED) is 0.652. The average Bonchev–Trinajstić information content (AvgIpc) is 2.95. The summed E-state index contributed by atoms with van der Waals surface area (Å²) >= 11 is 0. The van der Waals surface area contributed by atoms with Crippen LogP contribution in [0.5, 0.6) is 0 Å². The fourth-order valence-electron chi connectivity index (χ4n) is 1.48. The summed E-state index contributed by atoms with van der Waals surface area (Å²) in [7, 11) is 0. The fraction of sp³-hybridized carbons (Fsp3) is 0.214. The molecule has 0 aliphatic rings. The molecule has 2 N–H and O–H groups in total. The molecule has 0 fully saturated rings. The van der Waals surface area contributed by atoms with E-state index in [-0.39, 0.29) is 5.91 Å². The molecule has 0 spiro atoms. The van der Waals surface area contributed by atoms with Gasteiger partial charge < -0.3 is 0 Å². The number of aromatic amines is 1. The van der Waals surface area contributed by atoms with Gasteiger partial charge >= 0.3 is 0 Å². The molecule has 0 saturated heterocycles. The number of hydrazone groups is 1. The number of nitrogens with zero attached hydrogens (tertiary/aromatic N) is 2. The van der Waals surface area contributed by atoms with Crippen LogP contribution in [0.25, 0.3) is 11.3 Å². The highest BCUT2D eigenvalue weighted by atomic mass is 16.2. The molecule has 0 bridgehead atoms. The van der Waals surface area contributed by atoms with Crippen molar-refractivity contribution in [2.45, 2.75) is 20.3 Å². The van der Waals surface area contributed by atoms with Gasteiger partial charge in [0.1, 0.15) is 5.69 Å². The highest BCUT2D eigenvalue weighted by Crippen LogP contribution is 2.16. The van der Waals surface area contributed by atoms with E-state index >= 15 is 0 Å². The van der Waals surface area contributed by atoms with Gasteiger partial charge in [-0.2, -0.15) is 10.2 Å². The Bertz CT molecular complexity index is 587. The third-order valence-corrected chi connectivity index (χ3v) is 2.75. The van der Waals surface area contributed by atoms with Gasteiger partial charge in [-0.05, 0) is 19.4 Å². The van der Waals surface area contributed by atoms with Crippen molar-refractivity contribution >= 4 is 11.6 Å². The van der Waals surface area contributed by atoms with Gasteiger partial charge in [-0.1, -0.05) is 37.3 Å². The maximum Gasteiger partial charge on any atom is 0.289 e. The van der Waals surface area contributed by atoms with Crippen molar-refractivity contribution in [1.82, 2.24) is 15.6 Å². The van der Waals surface area contributed by atoms with Crippen LogP contribution in [0.3, 0.4) is 0 Å². The molecular formula is C14H16N4O. The predicted molar refractivity (Wildman–Crippen MR) is 74.9 cm³/mol. The lowest BCUT2D eigenvalue weighted by molar-refractivity contribution is 0.0949. The molecule has 0 saturated carbocycles. The van der Waals surface area contributed by atoms with Crippen molar-refractivity contribution in [2.24, 2.45) is 5.10 Å². The average molecular weight is 256 g/mol. The van der Waals surface area contributed by atoms with Crippen molar-refractivity contribution in [3.63, 3.8) is 0 Å². The molecule has 0 unspecified atom stereocenters. The number of amides is 1. The lowest BCUT2D eigenvalue weighted by atomic mass is 10.1. The molecule has 19 heavy (non-hydrogen) atoms. The molecule has 2 aromatic rings. The van der Waals surface area contributed by atoms with Crippen LogP contribution in [-0.4, -0.2) is 21.8 Å². The summed E-state index contributed by atoms with van der Waals surface area (Å²) in [6, 6.07) is 11.4. The minimum absolute atomic E-state index is 0.289. The number of carbonyl (C=O) groups excluding carboxylic acids is 1.